The number of hydrogen-bond acceptors (Lipinski definition) is 5. The first kappa shape index (κ1) is 18.4. The van der Waals surface area contributed by atoms with Crippen LogP contribution in [0.25, 0.3) is 0 Å². The number of pyridine rings is 1. The lowest BCUT2D eigenvalue weighted by Gasteiger charge is -2.36. The van der Waals surface area contributed by atoms with Crippen molar-refractivity contribution in [3.8, 4) is 0 Å². The molecule has 7 heteroatoms. The number of benzene rings is 1. The zero-order chi connectivity index (χ0) is 19.2. The van der Waals surface area contributed by atoms with E-state index in [9.17, 15) is 9.59 Å². The highest BCUT2D eigenvalue weighted by molar-refractivity contribution is 6.04. The molecule has 0 spiro atoms. The molecule has 0 saturated heterocycles. The van der Waals surface area contributed by atoms with E-state index in [-0.39, 0.29) is 12.0 Å². The Bertz CT molecular complexity index is 835. The summed E-state index contributed by atoms with van der Waals surface area (Å²) in [6.07, 6.45) is 3.53. The minimum Gasteiger partial charge on any atom is -0.462 e. The lowest BCUT2D eigenvalue weighted by atomic mass is 10.2. The average molecular weight is 366 g/mol. The molecule has 2 heterocycles. The van der Waals surface area contributed by atoms with Crippen LogP contribution in [0.4, 0.5) is 22.0 Å². The zero-order valence-electron chi connectivity index (χ0n) is 15.2. The highest BCUT2D eigenvalue weighted by atomic mass is 16.5. The minimum atomic E-state index is -0.381. The van der Waals surface area contributed by atoms with Crippen LogP contribution in [-0.4, -0.2) is 43.2 Å². The quantitative estimate of drug-likeness (QED) is 0.649. The molecule has 0 saturated carbocycles. The van der Waals surface area contributed by atoms with E-state index in [0.29, 0.717) is 37.5 Å². The van der Waals surface area contributed by atoms with Crippen molar-refractivity contribution in [1.29, 1.82) is 0 Å². The van der Waals surface area contributed by atoms with E-state index in [1.165, 1.54) is 0 Å². The van der Waals surface area contributed by atoms with Crippen LogP contribution in [0, 0.1) is 0 Å². The first-order chi connectivity index (χ1) is 13.1. The molecule has 1 aromatic heterocycles. The van der Waals surface area contributed by atoms with Crippen molar-refractivity contribution in [3.05, 3.63) is 60.8 Å². The molecule has 7 nitrogen and oxygen atoms in total. The molecule has 1 aromatic carbocycles. The predicted octanol–water partition coefficient (Wildman–Crippen LogP) is 3.30. The van der Waals surface area contributed by atoms with Gasteiger partial charge in [-0.3, -0.25) is 4.90 Å². The first-order valence-corrected chi connectivity index (χ1v) is 8.80. The second-order valence-electron chi connectivity index (χ2n) is 5.96. The van der Waals surface area contributed by atoms with Gasteiger partial charge in [0.25, 0.3) is 0 Å². The van der Waals surface area contributed by atoms with Gasteiger partial charge < -0.3 is 15.0 Å². The van der Waals surface area contributed by atoms with Crippen molar-refractivity contribution >= 4 is 29.2 Å². The highest BCUT2D eigenvalue weighted by Crippen LogP contribution is 2.30. The Morgan fingerprint density at radius 3 is 2.74 bits per heavy atom. The Hall–Kier alpha value is -3.35. The smallest absolute Gasteiger partial charge is 0.338 e. The van der Waals surface area contributed by atoms with Gasteiger partial charge in [0, 0.05) is 31.5 Å². The van der Waals surface area contributed by atoms with Gasteiger partial charge in [0.1, 0.15) is 0 Å². The van der Waals surface area contributed by atoms with E-state index < -0.39 is 0 Å². The van der Waals surface area contributed by atoms with Gasteiger partial charge in [-0.15, -0.1) is 6.58 Å². The molecule has 0 unspecified atom stereocenters. The van der Waals surface area contributed by atoms with Gasteiger partial charge in [-0.05, 0) is 43.3 Å². The number of carbonyl (C=O) groups is 2. The molecule has 3 rings (SSSR count). The summed E-state index contributed by atoms with van der Waals surface area (Å²) in [6, 6.07) is 10.1. The third-order valence-electron chi connectivity index (χ3n) is 4.19. The summed E-state index contributed by atoms with van der Waals surface area (Å²) < 4.78 is 4.96. The van der Waals surface area contributed by atoms with E-state index in [0.717, 1.165) is 11.5 Å². The maximum absolute atomic E-state index is 12.8. The first-order valence-electron chi connectivity index (χ1n) is 8.80. The standard InChI is InChI=1S/C20H22N4O3/c1-3-12-23-13-14-24(17-6-5-11-21-18(17)23)20(26)22-16-9-7-15(8-10-16)19(25)27-4-2/h3,5-11H,1,4,12-14H2,2H3,(H,22,26). The van der Waals surface area contributed by atoms with Gasteiger partial charge in [-0.25, -0.2) is 14.6 Å². The van der Waals surface area contributed by atoms with Crippen molar-refractivity contribution in [2.75, 3.05) is 41.4 Å². The van der Waals surface area contributed by atoms with Crippen LogP contribution in [0.5, 0.6) is 0 Å². The summed E-state index contributed by atoms with van der Waals surface area (Å²) >= 11 is 0. The Morgan fingerprint density at radius 1 is 1.26 bits per heavy atom. The summed E-state index contributed by atoms with van der Waals surface area (Å²) in [5.41, 5.74) is 1.81. The SMILES string of the molecule is C=CCN1CCN(C(=O)Nc2ccc(C(=O)OCC)cc2)c2cccnc21. The fraction of sp³-hybridized carbons (Fsp3) is 0.250. The largest absolute Gasteiger partial charge is 0.462 e. The summed E-state index contributed by atoms with van der Waals surface area (Å²) in [5.74, 6) is 0.380. The number of rotatable bonds is 5. The van der Waals surface area contributed by atoms with Crippen molar-refractivity contribution in [2.45, 2.75) is 6.92 Å². The number of anilines is 3. The topological polar surface area (TPSA) is 74.8 Å². The number of esters is 1. The molecule has 140 valence electrons. The fourth-order valence-electron chi connectivity index (χ4n) is 2.93. The summed E-state index contributed by atoms with van der Waals surface area (Å²) in [6.45, 7) is 7.74. The Morgan fingerprint density at radius 2 is 2.04 bits per heavy atom. The summed E-state index contributed by atoms with van der Waals surface area (Å²) in [7, 11) is 0. The van der Waals surface area contributed by atoms with Gasteiger partial charge in [0.15, 0.2) is 5.82 Å². The third-order valence-corrected chi connectivity index (χ3v) is 4.19. The van der Waals surface area contributed by atoms with Gasteiger partial charge in [-0.1, -0.05) is 6.08 Å². The molecule has 0 aliphatic carbocycles. The average Bonchev–Trinajstić information content (AvgIpc) is 2.69. The van der Waals surface area contributed by atoms with Gasteiger partial charge in [0.2, 0.25) is 0 Å². The Labute approximate surface area is 158 Å². The van der Waals surface area contributed by atoms with Crippen molar-refractivity contribution in [2.24, 2.45) is 0 Å². The van der Waals surface area contributed by atoms with Gasteiger partial charge in [-0.2, -0.15) is 0 Å². The number of nitrogens with one attached hydrogen (secondary N) is 1. The maximum Gasteiger partial charge on any atom is 0.338 e. The molecule has 0 atom stereocenters. The second kappa shape index (κ2) is 8.35. The van der Waals surface area contributed by atoms with Crippen LogP contribution in [-0.2, 0) is 4.74 Å². The summed E-state index contributed by atoms with van der Waals surface area (Å²) in [5, 5.41) is 2.87. The van der Waals surface area contributed by atoms with Crippen LogP contribution in [0.2, 0.25) is 0 Å². The Kier molecular flexibility index (Phi) is 5.71. The molecule has 0 fully saturated rings. The third kappa shape index (κ3) is 4.08. The fourth-order valence-corrected chi connectivity index (χ4v) is 2.93. The van der Waals surface area contributed by atoms with Crippen LogP contribution in [0.3, 0.4) is 0 Å². The predicted molar refractivity (Wildman–Crippen MR) is 105 cm³/mol. The van der Waals surface area contributed by atoms with E-state index in [2.05, 4.69) is 21.8 Å². The number of urea groups is 1. The van der Waals surface area contributed by atoms with E-state index in [1.807, 2.05) is 18.2 Å². The molecule has 1 aliphatic rings. The van der Waals surface area contributed by atoms with Gasteiger partial charge >= 0.3 is 12.0 Å². The number of aromatic nitrogens is 1. The molecule has 1 N–H and O–H groups in total. The lowest BCUT2D eigenvalue weighted by Crippen LogP contribution is -2.46. The zero-order valence-corrected chi connectivity index (χ0v) is 15.2. The van der Waals surface area contributed by atoms with Crippen LogP contribution >= 0.6 is 0 Å². The Balaban J connectivity index is 1.73. The van der Waals surface area contributed by atoms with Crippen LogP contribution < -0.4 is 15.1 Å². The number of carbonyl (C=O) groups excluding carboxylic acids is 2. The van der Waals surface area contributed by atoms with E-state index >= 15 is 0 Å². The molecular formula is C20H22N4O3. The number of fused-ring (bicyclic) bond motifs is 1. The summed E-state index contributed by atoms with van der Waals surface area (Å²) in [4.78, 5) is 32.6. The van der Waals surface area contributed by atoms with Gasteiger partial charge in [0.05, 0.1) is 17.9 Å². The van der Waals surface area contributed by atoms with Crippen molar-refractivity contribution in [1.82, 2.24) is 4.98 Å². The molecule has 0 bridgehead atoms. The van der Waals surface area contributed by atoms with Crippen LogP contribution in [0.1, 0.15) is 17.3 Å². The number of ether oxygens (including phenoxy) is 1. The van der Waals surface area contributed by atoms with Crippen molar-refractivity contribution < 1.29 is 14.3 Å². The minimum absolute atomic E-state index is 0.244. The molecular weight excluding hydrogens is 344 g/mol. The monoisotopic (exact) mass is 366 g/mol. The highest BCUT2D eigenvalue weighted by Gasteiger charge is 2.27. The van der Waals surface area contributed by atoms with Crippen molar-refractivity contribution in [3.63, 3.8) is 0 Å². The second-order valence-corrected chi connectivity index (χ2v) is 5.96. The van der Waals surface area contributed by atoms with E-state index in [4.69, 9.17) is 4.74 Å². The molecule has 1 aliphatic heterocycles. The number of amides is 2. The lowest BCUT2D eigenvalue weighted by molar-refractivity contribution is 0.0526. The normalized spacial score (nSPS) is 12.9. The molecule has 2 aromatic rings. The molecule has 27 heavy (non-hydrogen) atoms. The molecule has 0 radical (unpaired) electrons. The van der Waals surface area contributed by atoms with Crippen LogP contribution in [0.15, 0.2) is 55.3 Å². The maximum atomic E-state index is 12.8. The van der Waals surface area contributed by atoms with E-state index in [1.54, 1.807) is 42.3 Å². The number of nitrogens with zero attached hydrogens (tertiary/aromatic N) is 3. The number of hydrogen-bond donors (Lipinski definition) is 1. The molecule has 2 amide bonds.